The highest BCUT2D eigenvalue weighted by molar-refractivity contribution is 5.87. The van der Waals surface area contributed by atoms with E-state index < -0.39 is 0 Å². The summed E-state index contributed by atoms with van der Waals surface area (Å²) in [6.07, 6.45) is 6.77. The van der Waals surface area contributed by atoms with Gasteiger partial charge >= 0.3 is 6.09 Å². The Morgan fingerprint density at radius 3 is 2.91 bits per heavy atom. The van der Waals surface area contributed by atoms with Crippen LogP contribution in [0.5, 0.6) is 0 Å². The van der Waals surface area contributed by atoms with Crippen LogP contribution in [0.2, 0.25) is 0 Å². The van der Waals surface area contributed by atoms with E-state index in [1.165, 1.54) is 12.8 Å². The zero-order valence-electron chi connectivity index (χ0n) is 13.3. The summed E-state index contributed by atoms with van der Waals surface area (Å²) in [4.78, 5) is 18.5. The summed E-state index contributed by atoms with van der Waals surface area (Å²) in [6, 6.07) is 5.64. The fourth-order valence-electron chi connectivity index (χ4n) is 3.64. The second-order valence-electron chi connectivity index (χ2n) is 6.32. The molecule has 1 aromatic heterocycles. The van der Waals surface area contributed by atoms with Crippen LogP contribution in [0.4, 0.5) is 10.6 Å². The lowest BCUT2D eigenvalue weighted by atomic mass is 9.76. The number of pyridine rings is 1. The Hall–Kier alpha value is -1.62. The zero-order valence-corrected chi connectivity index (χ0v) is 13.3. The number of amides is 1. The molecular weight excluding hydrogens is 278 g/mol. The summed E-state index contributed by atoms with van der Waals surface area (Å²) in [5.74, 6) is 1.08. The lowest BCUT2D eigenvalue weighted by molar-refractivity contribution is -0.0694. The van der Waals surface area contributed by atoms with Crippen LogP contribution in [0.3, 0.4) is 0 Å². The fourth-order valence-corrected chi connectivity index (χ4v) is 3.64. The maximum Gasteiger partial charge on any atom is 0.416 e. The molecule has 2 saturated heterocycles. The molecule has 3 heterocycles. The first-order chi connectivity index (χ1) is 10.7. The Morgan fingerprint density at radius 1 is 1.41 bits per heavy atom. The van der Waals surface area contributed by atoms with Gasteiger partial charge in [0.25, 0.3) is 0 Å². The van der Waals surface area contributed by atoms with Crippen LogP contribution in [-0.4, -0.2) is 36.3 Å². The molecular formula is C17H25N3O2. The topological polar surface area (TPSA) is 54.5 Å². The molecule has 2 fully saturated rings. The van der Waals surface area contributed by atoms with Gasteiger partial charge in [0.15, 0.2) is 0 Å². The van der Waals surface area contributed by atoms with Crippen molar-refractivity contribution in [3.05, 3.63) is 24.4 Å². The predicted octanol–water partition coefficient (Wildman–Crippen LogP) is 2.97. The number of hydrogen-bond donors (Lipinski definition) is 1. The Morgan fingerprint density at radius 2 is 2.23 bits per heavy atom. The highest BCUT2D eigenvalue weighted by Gasteiger charge is 2.48. The fraction of sp³-hybridized carbons (Fsp3) is 0.647. The third-order valence-electron chi connectivity index (χ3n) is 4.94. The van der Waals surface area contributed by atoms with Crippen LogP contribution in [0.1, 0.15) is 39.0 Å². The minimum absolute atomic E-state index is 0.242. The van der Waals surface area contributed by atoms with Gasteiger partial charge in [0, 0.05) is 31.5 Å². The highest BCUT2D eigenvalue weighted by atomic mass is 16.6. The quantitative estimate of drug-likeness (QED) is 0.929. The first-order valence-corrected chi connectivity index (χ1v) is 8.37. The van der Waals surface area contributed by atoms with Crippen LogP contribution in [0.15, 0.2) is 24.4 Å². The third kappa shape index (κ3) is 2.95. The van der Waals surface area contributed by atoms with Crippen LogP contribution in [0.25, 0.3) is 0 Å². The smallest absolute Gasteiger partial charge is 0.416 e. The number of ether oxygens (including phenoxy) is 1. The lowest BCUT2D eigenvalue weighted by Gasteiger charge is -2.48. The van der Waals surface area contributed by atoms with Gasteiger partial charge in [-0.2, -0.15) is 0 Å². The summed E-state index contributed by atoms with van der Waals surface area (Å²) >= 11 is 0. The standard InChI is InChI=1S/C17H25N3O2/c1-2-3-6-14-13-20(15-7-4-5-10-19-15)16(21)22-17(14)8-11-18-12-9-17/h4-5,7,10,14,18H,2-3,6,8-9,11-13H2,1H3/t14-/m0/s1. The summed E-state index contributed by atoms with van der Waals surface area (Å²) in [6.45, 7) is 4.79. The summed E-state index contributed by atoms with van der Waals surface area (Å²) in [7, 11) is 0. The van der Waals surface area contributed by atoms with Crippen molar-refractivity contribution in [2.75, 3.05) is 24.5 Å². The normalized spacial score (nSPS) is 24.3. The molecule has 0 bridgehead atoms. The molecule has 2 aliphatic heterocycles. The molecule has 0 aliphatic carbocycles. The van der Waals surface area contributed by atoms with Crippen molar-refractivity contribution in [3.8, 4) is 0 Å². The first-order valence-electron chi connectivity index (χ1n) is 8.37. The van der Waals surface area contributed by atoms with E-state index in [2.05, 4.69) is 17.2 Å². The number of anilines is 1. The van der Waals surface area contributed by atoms with Crippen LogP contribution < -0.4 is 10.2 Å². The molecule has 22 heavy (non-hydrogen) atoms. The minimum atomic E-state index is -0.275. The average Bonchev–Trinajstić information content (AvgIpc) is 2.56. The van der Waals surface area contributed by atoms with Gasteiger partial charge in [0.05, 0.1) is 0 Å². The number of unbranched alkanes of at least 4 members (excludes halogenated alkanes) is 1. The van der Waals surface area contributed by atoms with E-state index in [0.29, 0.717) is 11.7 Å². The number of carbonyl (C=O) groups excluding carboxylic acids is 1. The SMILES string of the molecule is CCCC[C@H]1CN(c2ccccn2)C(=O)OC12CCNCC2. The molecule has 3 rings (SSSR count). The minimum Gasteiger partial charge on any atom is -0.442 e. The molecule has 0 unspecified atom stereocenters. The zero-order chi connectivity index (χ0) is 15.4. The molecule has 1 atom stereocenters. The van der Waals surface area contributed by atoms with E-state index in [-0.39, 0.29) is 11.7 Å². The van der Waals surface area contributed by atoms with E-state index in [4.69, 9.17) is 4.74 Å². The van der Waals surface area contributed by atoms with E-state index in [1.807, 2.05) is 18.2 Å². The van der Waals surface area contributed by atoms with Gasteiger partial charge in [-0.15, -0.1) is 0 Å². The van der Waals surface area contributed by atoms with Crippen LogP contribution >= 0.6 is 0 Å². The maximum absolute atomic E-state index is 12.5. The highest BCUT2D eigenvalue weighted by Crippen LogP contribution is 2.40. The Bertz CT molecular complexity index is 500. The van der Waals surface area contributed by atoms with E-state index in [1.54, 1.807) is 11.1 Å². The van der Waals surface area contributed by atoms with E-state index in [0.717, 1.165) is 38.9 Å². The van der Waals surface area contributed by atoms with Gasteiger partial charge < -0.3 is 10.1 Å². The van der Waals surface area contributed by atoms with Crippen molar-refractivity contribution in [1.82, 2.24) is 10.3 Å². The molecule has 1 spiro atoms. The number of aromatic nitrogens is 1. The Kier molecular flexibility index (Phi) is 4.62. The summed E-state index contributed by atoms with van der Waals surface area (Å²) in [5.41, 5.74) is -0.275. The number of carbonyl (C=O) groups is 1. The number of rotatable bonds is 4. The van der Waals surface area contributed by atoms with Crippen molar-refractivity contribution in [1.29, 1.82) is 0 Å². The predicted molar refractivity (Wildman–Crippen MR) is 85.9 cm³/mol. The van der Waals surface area contributed by atoms with E-state index in [9.17, 15) is 4.79 Å². The second-order valence-corrected chi connectivity index (χ2v) is 6.32. The number of piperidine rings is 1. The molecule has 0 saturated carbocycles. The Balaban J connectivity index is 1.82. The molecule has 1 N–H and O–H groups in total. The monoisotopic (exact) mass is 303 g/mol. The Labute approximate surface area is 132 Å². The molecule has 0 aromatic carbocycles. The van der Waals surface area contributed by atoms with Crippen LogP contribution in [0, 0.1) is 5.92 Å². The molecule has 120 valence electrons. The van der Waals surface area contributed by atoms with Crippen molar-refractivity contribution in [2.45, 2.75) is 44.6 Å². The van der Waals surface area contributed by atoms with Gasteiger partial charge in [0.2, 0.25) is 0 Å². The average molecular weight is 303 g/mol. The van der Waals surface area contributed by atoms with Crippen molar-refractivity contribution >= 4 is 11.9 Å². The van der Waals surface area contributed by atoms with Gasteiger partial charge in [-0.1, -0.05) is 25.8 Å². The van der Waals surface area contributed by atoms with Gasteiger partial charge in [-0.25, -0.2) is 9.78 Å². The molecule has 5 nitrogen and oxygen atoms in total. The number of nitrogens with one attached hydrogen (secondary N) is 1. The van der Waals surface area contributed by atoms with Gasteiger partial charge in [-0.3, -0.25) is 4.90 Å². The molecule has 1 amide bonds. The summed E-state index contributed by atoms with van der Waals surface area (Å²) < 4.78 is 6.00. The van der Waals surface area contributed by atoms with Crippen molar-refractivity contribution in [3.63, 3.8) is 0 Å². The van der Waals surface area contributed by atoms with Crippen molar-refractivity contribution in [2.24, 2.45) is 5.92 Å². The largest absolute Gasteiger partial charge is 0.442 e. The van der Waals surface area contributed by atoms with Crippen molar-refractivity contribution < 1.29 is 9.53 Å². The molecule has 5 heteroatoms. The molecule has 0 radical (unpaired) electrons. The first kappa shape index (κ1) is 15.3. The third-order valence-corrected chi connectivity index (χ3v) is 4.94. The molecule has 2 aliphatic rings. The van der Waals surface area contributed by atoms with Gasteiger partial charge in [0.1, 0.15) is 11.4 Å². The maximum atomic E-state index is 12.5. The second kappa shape index (κ2) is 6.65. The summed E-state index contributed by atoms with van der Waals surface area (Å²) in [5, 5.41) is 3.37. The number of nitrogens with zero attached hydrogens (tertiary/aromatic N) is 2. The molecule has 1 aromatic rings. The lowest BCUT2D eigenvalue weighted by Crippen LogP contribution is -2.59. The number of hydrogen-bond acceptors (Lipinski definition) is 4. The van der Waals surface area contributed by atoms with E-state index >= 15 is 0 Å². The van der Waals surface area contributed by atoms with Crippen LogP contribution in [-0.2, 0) is 4.74 Å². The van der Waals surface area contributed by atoms with Gasteiger partial charge in [-0.05, 0) is 31.6 Å².